The molecule has 0 aromatic carbocycles. The van der Waals surface area contributed by atoms with Gasteiger partial charge in [0.15, 0.2) is 0 Å². The van der Waals surface area contributed by atoms with Crippen LogP contribution in [0.3, 0.4) is 0 Å². The summed E-state index contributed by atoms with van der Waals surface area (Å²) < 4.78 is 0. The van der Waals surface area contributed by atoms with Gasteiger partial charge in [0.1, 0.15) is 0 Å². The molecule has 15 heavy (non-hydrogen) atoms. The normalized spacial score (nSPS) is 11.5. The van der Waals surface area contributed by atoms with Crippen molar-refractivity contribution in [1.29, 1.82) is 0 Å². The minimum atomic E-state index is -0.0154. The van der Waals surface area contributed by atoms with Crippen molar-refractivity contribution in [3.8, 4) is 0 Å². The molecule has 4 heteroatoms. The Bertz CT molecular complexity index is 181. The Morgan fingerprint density at radius 2 is 1.93 bits per heavy atom. The van der Waals surface area contributed by atoms with E-state index in [-0.39, 0.29) is 12.5 Å². The van der Waals surface area contributed by atoms with Gasteiger partial charge < -0.3 is 10.4 Å². The van der Waals surface area contributed by atoms with E-state index in [9.17, 15) is 4.79 Å². The smallest absolute Gasteiger partial charge is 0.234 e. The summed E-state index contributed by atoms with van der Waals surface area (Å²) in [6.07, 6.45) is 0. The van der Waals surface area contributed by atoms with E-state index < -0.39 is 0 Å². The van der Waals surface area contributed by atoms with Crippen LogP contribution in [0.4, 0.5) is 0 Å². The van der Waals surface area contributed by atoms with Crippen LogP contribution in [0.25, 0.3) is 0 Å². The fraction of sp³-hybridized carbons (Fsp3) is 0.909. The highest BCUT2D eigenvalue weighted by Gasteiger charge is 2.14. The zero-order chi connectivity index (χ0) is 11.8. The number of carbonyl (C=O) groups is 1. The van der Waals surface area contributed by atoms with Crippen LogP contribution in [-0.4, -0.2) is 48.2 Å². The third-order valence-electron chi connectivity index (χ3n) is 2.11. The SMILES string of the molecule is CC(C)CN(CC(=O)NCCO)C(C)C. The summed E-state index contributed by atoms with van der Waals surface area (Å²) in [6, 6.07) is 0.368. The van der Waals surface area contributed by atoms with E-state index in [1.165, 1.54) is 0 Å². The van der Waals surface area contributed by atoms with Crippen LogP contribution in [0.1, 0.15) is 27.7 Å². The molecule has 0 rings (SSSR count). The Hall–Kier alpha value is -0.610. The molecule has 0 saturated carbocycles. The third kappa shape index (κ3) is 7.33. The van der Waals surface area contributed by atoms with E-state index >= 15 is 0 Å². The van der Waals surface area contributed by atoms with Gasteiger partial charge in [-0.05, 0) is 19.8 Å². The second-order valence-corrected chi connectivity index (χ2v) is 4.49. The summed E-state index contributed by atoms with van der Waals surface area (Å²) in [6.45, 7) is 10.1. The van der Waals surface area contributed by atoms with Crippen LogP contribution in [0.15, 0.2) is 0 Å². The lowest BCUT2D eigenvalue weighted by Gasteiger charge is -2.27. The van der Waals surface area contributed by atoms with Gasteiger partial charge in [-0.25, -0.2) is 0 Å². The minimum absolute atomic E-state index is 0.00238. The van der Waals surface area contributed by atoms with Crippen molar-refractivity contribution in [1.82, 2.24) is 10.2 Å². The maximum atomic E-state index is 11.4. The van der Waals surface area contributed by atoms with Crippen molar-refractivity contribution < 1.29 is 9.90 Å². The van der Waals surface area contributed by atoms with Crippen molar-refractivity contribution in [2.24, 2.45) is 5.92 Å². The number of hydrogen-bond acceptors (Lipinski definition) is 3. The molecule has 0 heterocycles. The Labute approximate surface area is 92.7 Å². The molecule has 0 aromatic rings. The zero-order valence-corrected chi connectivity index (χ0v) is 10.3. The first-order valence-corrected chi connectivity index (χ1v) is 5.59. The fourth-order valence-electron chi connectivity index (χ4n) is 1.36. The molecule has 4 nitrogen and oxygen atoms in total. The highest BCUT2D eigenvalue weighted by molar-refractivity contribution is 5.78. The van der Waals surface area contributed by atoms with Gasteiger partial charge in [0, 0.05) is 19.1 Å². The quantitative estimate of drug-likeness (QED) is 0.650. The predicted octanol–water partition coefficient (Wildman–Crippen LogP) is 0.461. The second kappa shape index (κ2) is 7.65. The summed E-state index contributed by atoms with van der Waals surface area (Å²) >= 11 is 0. The molecule has 90 valence electrons. The largest absolute Gasteiger partial charge is 0.395 e. The van der Waals surface area contributed by atoms with E-state index in [1.54, 1.807) is 0 Å². The molecule has 0 aliphatic rings. The number of aliphatic hydroxyl groups excluding tert-OH is 1. The van der Waals surface area contributed by atoms with Crippen LogP contribution < -0.4 is 5.32 Å². The molecule has 0 saturated heterocycles. The van der Waals surface area contributed by atoms with E-state index in [0.717, 1.165) is 6.54 Å². The van der Waals surface area contributed by atoms with Crippen molar-refractivity contribution in [3.63, 3.8) is 0 Å². The van der Waals surface area contributed by atoms with Gasteiger partial charge in [-0.15, -0.1) is 0 Å². The van der Waals surface area contributed by atoms with Crippen LogP contribution in [0.2, 0.25) is 0 Å². The lowest BCUT2D eigenvalue weighted by Crippen LogP contribution is -2.43. The topological polar surface area (TPSA) is 52.6 Å². The summed E-state index contributed by atoms with van der Waals surface area (Å²) in [4.78, 5) is 13.6. The molecule has 0 aromatic heterocycles. The Morgan fingerprint density at radius 1 is 1.33 bits per heavy atom. The number of amides is 1. The van der Waals surface area contributed by atoms with Gasteiger partial charge in [-0.3, -0.25) is 9.69 Å². The number of aliphatic hydroxyl groups is 1. The first-order valence-electron chi connectivity index (χ1n) is 5.59. The molecular formula is C11H24N2O2. The van der Waals surface area contributed by atoms with Gasteiger partial charge in [-0.1, -0.05) is 13.8 Å². The maximum absolute atomic E-state index is 11.4. The average Bonchev–Trinajstić information content (AvgIpc) is 2.12. The minimum Gasteiger partial charge on any atom is -0.395 e. The number of hydrogen-bond donors (Lipinski definition) is 2. The highest BCUT2D eigenvalue weighted by Crippen LogP contribution is 2.03. The van der Waals surface area contributed by atoms with Gasteiger partial charge in [0.25, 0.3) is 0 Å². The van der Waals surface area contributed by atoms with E-state index in [2.05, 4.69) is 37.9 Å². The van der Waals surface area contributed by atoms with Crippen LogP contribution >= 0.6 is 0 Å². The predicted molar refractivity (Wildman–Crippen MR) is 61.6 cm³/mol. The first-order chi connectivity index (χ1) is 6.97. The summed E-state index contributed by atoms with van der Waals surface area (Å²) in [5, 5.41) is 11.2. The number of rotatable bonds is 7. The standard InChI is InChI=1S/C11H24N2O2/c1-9(2)7-13(10(3)4)8-11(15)12-5-6-14/h9-10,14H,5-8H2,1-4H3,(H,12,15). The second-order valence-electron chi connectivity index (χ2n) is 4.49. The average molecular weight is 216 g/mol. The molecule has 1 amide bonds. The molecule has 0 aliphatic heterocycles. The number of nitrogens with one attached hydrogen (secondary N) is 1. The molecule has 0 aliphatic carbocycles. The lowest BCUT2D eigenvalue weighted by atomic mass is 10.2. The number of carbonyl (C=O) groups excluding carboxylic acids is 1. The third-order valence-corrected chi connectivity index (χ3v) is 2.11. The van der Waals surface area contributed by atoms with Gasteiger partial charge in [0.05, 0.1) is 13.2 Å². The monoisotopic (exact) mass is 216 g/mol. The van der Waals surface area contributed by atoms with Crippen molar-refractivity contribution in [3.05, 3.63) is 0 Å². The molecule has 0 bridgehead atoms. The first kappa shape index (κ1) is 14.4. The van der Waals surface area contributed by atoms with Gasteiger partial charge in [0.2, 0.25) is 5.91 Å². The molecule has 0 radical (unpaired) electrons. The summed E-state index contributed by atoms with van der Waals surface area (Å²) in [5.74, 6) is 0.538. The number of nitrogens with zero attached hydrogens (tertiary/aromatic N) is 1. The molecule has 2 N–H and O–H groups in total. The summed E-state index contributed by atoms with van der Waals surface area (Å²) in [5.41, 5.74) is 0. The Morgan fingerprint density at radius 3 is 2.33 bits per heavy atom. The summed E-state index contributed by atoms with van der Waals surface area (Å²) in [7, 11) is 0. The molecule has 0 spiro atoms. The van der Waals surface area contributed by atoms with Gasteiger partial charge >= 0.3 is 0 Å². The van der Waals surface area contributed by atoms with Crippen molar-refractivity contribution in [2.75, 3.05) is 26.2 Å². The van der Waals surface area contributed by atoms with Crippen LogP contribution in [0, 0.1) is 5.92 Å². The lowest BCUT2D eigenvalue weighted by molar-refractivity contribution is -0.122. The zero-order valence-electron chi connectivity index (χ0n) is 10.3. The molecule has 0 unspecified atom stereocenters. The van der Waals surface area contributed by atoms with E-state index in [0.29, 0.717) is 25.0 Å². The van der Waals surface area contributed by atoms with Crippen LogP contribution in [-0.2, 0) is 4.79 Å². The molecule has 0 fully saturated rings. The van der Waals surface area contributed by atoms with Gasteiger partial charge in [-0.2, -0.15) is 0 Å². The maximum Gasteiger partial charge on any atom is 0.234 e. The highest BCUT2D eigenvalue weighted by atomic mass is 16.3. The fourth-order valence-corrected chi connectivity index (χ4v) is 1.36. The molecule has 0 atom stereocenters. The molecular weight excluding hydrogens is 192 g/mol. The Balaban J connectivity index is 3.99. The van der Waals surface area contributed by atoms with Crippen molar-refractivity contribution >= 4 is 5.91 Å². The Kier molecular flexibility index (Phi) is 7.34. The van der Waals surface area contributed by atoms with E-state index in [1.807, 2.05) is 0 Å². The van der Waals surface area contributed by atoms with Crippen molar-refractivity contribution in [2.45, 2.75) is 33.7 Å². The van der Waals surface area contributed by atoms with E-state index in [4.69, 9.17) is 5.11 Å². The van der Waals surface area contributed by atoms with Crippen LogP contribution in [0.5, 0.6) is 0 Å².